The van der Waals surface area contributed by atoms with Gasteiger partial charge in [0.05, 0.1) is 17.5 Å². The minimum Gasteiger partial charge on any atom is -0.481 e. The van der Waals surface area contributed by atoms with E-state index in [0.717, 1.165) is 24.4 Å². The Labute approximate surface area is 126 Å². The SMILES string of the molecule is CC(c1ccccn1)n1c(SCC(=O)O)nnc1C1CC1. The molecule has 6 nitrogen and oxygen atoms in total. The zero-order chi connectivity index (χ0) is 14.8. The normalized spacial score (nSPS) is 15.9. The van der Waals surface area contributed by atoms with Gasteiger partial charge in [-0.3, -0.25) is 14.3 Å². The van der Waals surface area contributed by atoms with E-state index in [1.807, 2.05) is 29.7 Å². The van der Waals surface area contributed by atoms with E-state index in [-0.39, 0.29) is 11.8 Å². The van der Waals surface area contributed by atoms with Crippen LogP contribution in [0.25, 0.3) is 0 Å². The summed E-state index contributed by atoms with van der Waals surface area (Å²) in [5, 5.41) is 18.0. The summed E-state index contributed by atoms with van der Waals surface area (Å²) < 4.78 is 2.04. The molecule has 0 amide bonds. The summed E-state index contributed by atoms with van der Waals surface area (Å²) in [6.07, 6.45) is 4.00. The molecule has 2 heterocycles. The van der Waals surface area contributed by atoms with Crippen molar-refractivity contribution in [2.45, 2.75) is 36.9 Å². The predicted molar refractivity (Wildman–Crippen MR) is 78.4 cm³/mol. The number of thioether (sulfide) groups is 1. The molecule has 1 unspecified atom stereocenters. The number of pyridine rings is 1. The summed E-state index contributed by atoms with van der Waals surface area (Å²) in [4.78, 5) is 15.2. The highest BCUT2D eigenvalue weighted by Gasteiger charge is 2.32. The maximum atomic E-state index is 10.8. The molecule has 0 aliphatic heterocycles. The zero-order valence-corrected chi connectivity index (χ0v) is 12.5. The number of carboxylic acids is 1. The van der Waals surface area contributed by atoms with Crippen LogP contribution in [0.5, 0.6) is 0 Å². The molecule has 110 valence electrons. The van der Waals surface area contributed by atoms with Crippen LogP contribution in [0.15, 0.2) is 29.6 Å². The van der Waals surface area contributed by atoms with Crippen molar-refractivity contribution in [3.63, 3.8) is 0 Å². The minimum absolute atomic E-state index is 0.00639. The first kappa shape index (κ1) is 14.1. The van der Waals surface area contributed by atoms with Gasteiger partial charge in [-0.25, -0.2) is 0 Å². The van der Waals surface area contributed by atoms with Crippen molar-refractivity contribution in [2.24, 2.45) is 0 Å². The third-order valence-corrected chi connectivity index (χ3v) is 4.39. The van der Waals surface area contributed by atoms with Gasteiger partial charge in [-0.05, 0) is 31.9 Å². The maximum Gasteiger partial charge on any atom is 0.313 e. The molecule has 2 aromatic heterocycles. The van der Waals surface area contributed by atoms with Gasteiger partial charge in [0.2, 0.25) is 0 Å². The average Bonchev–Trinajstić information content (AvgIpc) is 3.25. The summed E-state index contributed by atoms with van der Waals surface area (Å²) in [5.74, 6) is 0.523. The topological polar surface area (TPSA) is 80.9 Å². The Balaban J connectivity index is 1.94. The smallest absolute Gasteiger partial charge is 0.313 e. The highest BCUT2D eigenvalue weighted by Crippen LogP contribution is 2.41. The van der Waals surface area contributed by atoms with Gasteiger partial charge < -0.3 is 5.11 Å². The van der Waals surface area contributed by atoms with Crippen LogP contribution >= 0.6 is 11.8 Å². The van der Waals surface area contributed by atoms with Crippen LogP contribution in [-0.2, 0) is 4.79 Å². The Morgan fingerprint density at radius 3 is 2.90 bits per heavy atom. The van der Waals surface area contributed by atoms with Crippen LogP contribution in [0.3, 0.4) is 0 Å². The van der Waals surface area contributed by atoms with Crippen molar-refractivity contribution >= 4 is 17.7 Å². The molecule has 3 rings (SSSR count). The highest BCUT2D eigenvalue weighted by molar-refractivity contribution is 7.99. The Bertz CT molecular complexity index is 640. The zero-order valence-electron chi connectivity index (χ0n) is 11.6. The first-order valence-corrected chi connectivity index (χ1v) is 7.85. The number of nitrogens with zero attached hydrogens (tertiary/aromatic N) is 4. The van der Waals surface area contributed by atoms with Gasteiger partial charge in [-0.15, -0.1) is 10.2 Å². The Hall–Kier alpha value is -1.89. The van der Waals surface area contributed by atoms with Crippen LogP contribution < -0.4 is 0 Å². The monoisotopic (exact) mass is 304 g/mol. The lowest BCUT2D eigenvalue weighted by Crippen LogP contribution is -2.13. The molecule has 0 spiro atoms. The fraction of sp³-hybridized carbons (Fsp3) is 0.429. The fourth-order valence-electron chi connectivity index (χ4n) is 2.25. The maximum absolute atomic E-state index is 10.8. The molecule has 1 fully saturated rings. The summed E-state index contributed by atoms with van der Waals surface area (Å²) in [5.41, 5.74) is 0.927. The van der Waals surface area contributed by atoms with Crippen LogP contribution in [0, 0.1) is 0 Å². The van der Waals surface area contributed by atoms with Crippen molar-refractivity contribution in [1.29, 1.82) is 0 Å². The predicted octanol–water partition coefficient (Wildman–Crippen LogP) is 2.34. The van der Waals surface area contributed by atoms with E-state index in [1.54, 1.807) is 6.20 Å². The van der Waals surface area contributed by atoms with Crippen molar-refractivity contribution in [3.05, 3.63) is 35.9 Å². The summed E-state index contributed by atoms with van der Waals surface area (Å²) in [7, 11) is 0. The number of hydrogen-bond donors (Lipinski definition) is 1. The van der Waals surface area contributed by atoms with E-state index in [2.05, 4.69) is 15.2 Å². The molecular weight excluding hydrogens is 288 g/mol. The molecule has 0 saturated heterocycles. The number of carbonyl (C=O) groups is 1. The van der Waals surface area contributed by atoms with Crippen LogP contribution in [0.4, 0.5) is 0 Å². The van der Waals surface area contributed by atoms with Gasteiger partial charge in [-0.1, -0.05) is 17.8 Å². The molecular formula is C14H16N4O2S. The van der Waals surface area contributed by atoms with Gasteiger partial charge >= 0.3 is 5.97 Å². The fourth-order valence-corrected chi connectivity index (χ4v) is 2.99. The summed E-state index contributed by atoms with van der Waals surface area (Å²) >= 11 is 1.21. The molecule has 21 heavy (non-hydrogen) atoms. The molecule has 1 saturated carbocycles. The molecule has 1 aliphatic rings. The van der Waals surface area contributed by atoms with E-state index < -0.39 is 5.97 Å². The number of rotatable bonds is 6. The number of carboxylic acid groups (broad SMARTS) is 1. The van der Waals surface area contributed by atoms with Gasteiger partial charge in [0, 0.05) is 12.1 Å². The molecule has 7 heteroatoms. The van der Waals surface area contributed by atoms with Crippen molar-refractivity contribution in [1.82, 2.24) is 19.7 Å². The van der Waals surface area contributed by atoms with Gasteiger partial charge in [0.25, 0.3) is 0 Å². The molecule has 1 aliphatic carbocycles. The first-order chi connectivity index (χ1) is 10.2. The highest BCUT2D eigenvalue weighted by atomic mass is 32.2. The molecule has 0 bridgehead atoms. The largest absolute Gasteiger partial charge is 0.481 e. The lowest BCUT2D eigenvalue weighted by atomic mass is 10.2. The Kier molecular flexibility index (Phi) is 3.92. The van der Waals surface area contributed by atoms with Crippen LogP contribution in [-0.4, -0.2) is 36.6 Å². The van der Waals surface area contributed by atoms with Crippen molar-refractivity contribution in [2.75, 3.05) is 5.75 Å². The number of aliphatic carboxylic acids is 1. The van der Waals surface area contributed by atoms with E-state index in [4.69, 9.17) is 5.11 Å². The second kappa shape index (κ2) is 5.85. The summed E-state index contributed by atoms with van der Waals surface area (Å²) in [6.45, 7) is 2.04. The molecule has 1 atom stereocenters. The van der Waals surface area contributed by atoms with Gasteiger partial charge in [0.15, 0.2) is 5.16 Å². The molecule has 2 aromatic rings. The molecule has 1 N–H and O–H groups in total. The Morgan fingerprint density at radius 1 is 1.48 bits per heavy atom. The standard InChI is InChI=1S/C14H16N4O2S/c1-9(11-4-2-3-7-15-11)18-13(10-5-6-10)16-17-14(18)21-8-12(19)20/h2-4,7,9-10H,5-6,8H2,1H3,(H,19,20). The van der Waals surface area contributed by atoms with E-state index in [1.165, 1.54) is 11.8 Å². The second-order valence-electron chi connectivity index (χ2n) is 5.10. The van der Waals surface area contributed by atoms with Crippen LogP contribution in [0.2, 0.25) is 0 Å². The third-order valence-electron chi connectivity index (χ3n) is 3.46. The Morgan fingerprint density at radius 2 is 2.29 bits per heavy atom. The lowest BCUT2D eigenvalue weighted by Gasteiger charge is -2.17. The second-order valence-corrected chi connectivity index (χ2v) is 6.04. The van der Waals surface area contributed by atoms with Crippen molar-refractivity contribution < 1.29 is 9.90 Å². The minimum atomic E-state index is -0.854. The molecule has 0 radical (unpaired) electrons. The first-order valence-electron chi connectivity index (χ1n) is 6.87. The van der Waals surface area contributed by atoms with Crippen LogP contribution in [0.1, 0.15) is 43.2 Å². The summed E-state index contributed by atoms with van der Waals surface area (Å²) in [6, 6.07) is 5.79. The number of hydrogen-bond acceptors (Lipinski definition) is 5. The third kappa shape index (κ3) is 3.07. The number of aromatic nitrogens is 4. The van der Waals surface area contributed by atoms with E-state index >= 15 is 0 Å². The van der Waals surface area contributed by atoms with E-state index in [0.29, 0.717) is 11.1 Å². The van der Waals surface area contributed by atoms with Gasteiger partial charge in [-0.2, -0.15) is 0 Å². The lowest BCUT2D eigenvalue weighted by molar-refractivity contribution is -0.133. The molecule has 0 aromatic carbocycles. The quantitative estimate of drug-likeness (QED) is 0.825. The average molecular weight is 304 g/mol. The van der Waals surface area contributed by atoms with E-state index in [9.17, 15) is 4.79 Å². The van der Waals surface area contributed by atoms with Gasteiger partial charge in [0.1, 0.15) is 5.82 Å². The van der Waals surface area contributed by atoms with Crippen molar-refractivity contribution in [3.8, 4) is 0 Å².